The Balaban J connectivity index is 1.15. The molecule has 5 N–H and O–H groups in total. The lowest BCUT2D eigenvalue weighted by atomic mass is 10.0. The predicted molar refractivity (Wildman–Crippen MR) is 174 cm³/mol. The summed E-state index contributed by atoms with van der Waals surface area (Å²) < 4.78 is 44.4. The smallest absolute Gasteiger partial charge is 0.326 e. The number of phenolic OH excluding ortho intramolecular Hbond substituents is 1. The second kappa shape index (κ2) is 12.1. The van der Waals surface area contributed by atoms with Crippen LogP contribution < -0.4 is 25.0 Å². The summed E-state index contributed by atoms with van der Waals surface area (Å²) in [4.78, 5) is 62.6. The molecule has 7 rings (SSSR count). The highest BCUT2D eigenvalue weighted by atomic mass is 32.2. The number of hydrogen-bond donors (Lipinski definition) is 5. The van der Waals surface area contributed by atoms with Crippen LogP contribution in [-0.2, 0) is 42.5 Å². The molecule has 19 heteroatoms. The van der Waals surface area contributed by atoms with E-state index in [2.05, 4.69) is 26.3 Å². The van der Waals surface area contributed by atoms with Crippen LogP contribution in [0, 0.1) is 5.82 Å². The van der Waals surface area contributed by atoms with E-state index in [4.69, 9.17) is 0 Å². The fraction of sp³-hybridized carbons (Fsp3) is 0.258. The first-order valence-electron chi connectivity index (χ1n) is 15.4. The van der Waals surface area contributed by atoms with E-state index >= 15 is 4.39 Å². The summed E-state index contributed by atoms with van der Waals surface area (Å²) in [6, 6.07) is 8.25. The van der Waals surface area contributed by atoms with Crippen molar-refractivity contribution in [1.82, 2.24) is 29.9 Å². The van der Waals surface area contributed by atoms with Crippen molar-refractivity contribution < 1.29 is 41.9 Å². The number of rotatable bonds is 8. The van der Waals surface area contributed by atoms with Crippen LogP contribution in [0.2, 0.25) is 0 Å². The highest BCUT2D eigenvalue weighted by molar-refractivity contribution is 7.92. The van der Waals surface area contributed by atoms with Gasteiger partial charge in [-0.3, -0.25) is 29.3 Å². The maximum absolute atomic E-state index is 16.0. The van der Waals surface area contributed by atoms with Crippen molar-refractivity contribution in [3.05, 3.63) is 65.2 Å². The van der Waals surface area contributed by atoms with E-state index in [1.807, 2.05) is 0 Å². The Morgan fingerprint density at radius 1 is 1.10 bits per heavy atom. The molecule has 0 bridgehead atoms. The maximum atomic E-state index is 16.0. The van der Waals surface area contributed by atoms with E-state index < -0.39 is 51.9 Å². The summed E-state index contributed by atoms with van der Waals surface area (Å²) >= 11 is 0. The van der Waals surface area contributed by atoms with Gasteiger partial charge in [-0.1, -0.05) is 12.1 Å². The molecule has 50 heavy (non-hydrogen) atoms. The number of fused-ring (bicyclic) bond motifs is 2. The summed E-state index contributed by atoms with van der Waals surface area (Å²) in [5.74, 6) is -4.28. The van der Waals surface area contributed by atoms with Gasteiger partial charge in [-0.25, -0.2) is 18.1 Å². The molecule has 1 atom stereocenters. The number of piperidine rings is 1. The molecule has 0 saturated carbocycles. The van der Waals surface area contributed by atoms with Crippen LogP contribution in [0.5, 0.6) is 5.75 Å². The standard InChI is InChI=1S/C31H28FN9O8S/c1-2-25(43)34-21-8-15-9-24(42)29(41-14-27(45)37-50(41,48)49)28(32)20(15)10-23(21)40-13-18(36-38-40)11-33-17-3-4-19-16(7-17)12-39(31(19)47)22-5-6-26(44)35-30(22)46/h3-4,7-10,13,22,33,42H,2,5-6,11-12,14H2,1H3,(H,34,43)(H,37,45)(H,35,44,46). The van der Waals surface area contributed by atoms with E-state index in [-0.39, 0.29) is 72.2 Å². The lowest BCUT2D eigenvalue weighted by molar-refractivity contribution is -0.137. The highest BCUT2D eigenvalue weighted by Crippen LogP contribution is 2.40. The molecule has 2 saturated heterocycles. The molecule has 4 aromatic rings. The minimum atomic E-state index is -4.44. The van der Waals surface area contributed by atoms with E-state index in [1.54, 1.807) is 29.8 Å². The van der Waals surface area contributed by atoms with Crippen LogP contribution in [0.25, 0.3) is 16.5 Å². The van der Waals surface area contributed by atoms with Gasteiger partial charge in [0.25, 0.3) is 11.8 Å². The van der Waals surface area contributed by atoms with Gasteiger partial charge in [-0.05, 0) is 53.8 Å². The topological polar surface area (TPSA) is 225 Å². The molecule has 2 fully saturated rings. The Morgan fingerprint density at radius 2 is 1.90 bits per heavy atom. The number of carbonyl (C=O) groups excluding carboxylic acids is 5. The monoisotopic (exact) mass is 705 g/mol. The summed E-state index contributed by atoms with van der Waals surface area (Å²) in [6.45, 7) is 1.27. The molecule has 258 valence electrons. The molecule has 3 aliphatic heterocycles. The van der Waals surface area contributed by atoms with Crippen LogP contribution in [0.15, 0.2) is 42.6 Å². The minimum absolute atomic E-state index is 0.119. The number of nitrogens with zero attached hydrogens (tertiary/aromatic N) is 5. The van der Waals surface area contributed by atoms with Crippen LogP contribution in [-0.4, -0.2) is 75.5 Å². The van der Waals surface area contributed by atoms with E-state index in [1.165, 1.54) is 27.9 Å². The van der Waals surface area contributed by atoms with Gasteiger partial charge in [0.15, 0.2) is 5.82 Å². The molecule has 1 aromatic heterocycles. The van der Waals surface area contributed by atoms with Crippen LogP contribution >= 0.6 is 0 Å². The molecule has 0 spiro atoms. The van der Waals surface area contributed by atoms with Crippen molar-refractivity contribution in [2.75, 3.05) is 21.5 Å². The number of nitrogens with one attached hydrogen (secondary N) is 4. The molecule has 0 aliphatic carbocycles. The molecule has 3 aliphatic rings. The Labute approximate surface area is 282 Å². The Morgan fingerprint density at radius 3 is 2.62 bits per heavy atom. The lowest BCUT2D eigenvalue weighted by Crippen LogP contribution is -2.52. The van der Waals surface area contributed by atoms with Gasteiger partial charge in [0.1, 0.15) is 29.7 Å². The summed E-state index contributed by atoms with van der Waals surface area (Å²) in [7, 11) is -4.44. The fourth-order valence-electron chi connectivity index (χ4n) is 6.16. The zero-order valence-electron chi connectivity index (χ0n) is 26.2. The molecule has 3 aromatic carbocycles. The number of carbonyl (C=O) groups is 5. The van der Waals surface area contributed by atoms with Crippen LogP contribution in [0.4, 0.5) is 21.5 Å². The summed E-state index contributed by atoms with van der Waals surface area (Å²) in [6.07, 6.45) is 2.05. The number of benzene rings is 3. The molecule has 1 unspecified atom stereocenters. The van der Waals surface area contributed by atoms with Crippen molar-refractivity contribution in [2.45, 2.75) is 45.3 Å². The largest absolute Gasteiger partial charge is 0.506 e. The Kier molecular flexibility index (Phi) is 7.85. The van der Waals surface area contributed by atoms with Gasteiger partial charge in [-0.2, -0.15) is 8.42 Å². The van der Waals surface area contributed by atoms with Crippen molar-refractivity contribution >= 4 is 67.6 Å². The number of aromatic nitrogens is 3. The van der Waals surface area contributed by atoms with Crippen molar-refractivity contribution in [3.63, 3.8) is 0 Å². The van der Waals surface area contributed by atoms with Crippen LogP contribution in [0.3, 0.4) is 0 Å². The van der Waals surface area contributed by atoms with Crippen molar-refractivity contribution in [3.8, 4) is 11.4 Å². The van der Waals surface area contributed by atoms with E-state index in [0.717, 1.165) is 6.07 Å². The lowest BCUT2D eigenvalue weighted by Gasteiger charge is -2.29. The predicted octanol–water partition coefficient (Wildman–Crippen LogP) is 1.17. The van der Waals surface area contributed by atoms with Crippen LogP contribution in [0.1, 0.15) is 47.8 Å². The third-order valence-electron chi connectivity index (χ3n) is 8.60. The number of phenols is 1. The average molecular weight is 706 g/mol. The number of imide groups is 1. The zero-order valence-corrected chi connectivity index (χ0v) is 27.0. The Bertz CT molecular complexity index is 2280. The van der Waals surface area contributed by atoms with Gasteiger partial charge < -0.3 is 20.6 Å². The molecule has 4 heterocycles. The number of hydrogen-bond acceptors (Lipinski definition) is 11. The SMILES string of the molecule is CCC(=O)Nc1cc2cc(O)c(N3CC(=O)NS3(=O)=O)c(F)c2cc1-n1cc(CNc2ccc3c(c2)CN(C2CCC(=O)NC2=O)C3=O)nn1. The number of amides is 5. The quantitative estimate of drug-likeness (QED) is 0.164. The van der Waals surface area contributed by atoms with E-state index in [9.17, 15) is 37.5 Å². The zero-order chi connectivity index (χ0) is 35.5. The summed E-state index contributed by atoms with van der Waals surface area (Å²) in [5, 5.41) is 27.2. The second-order valence-corrected chi connectivity index (χ2v) is 13.5. The molecule has 5 amide bonds. The number of aromatic hydroxyl groups is 1. The highest BCUT2D eigenvalue weighted by Gasteiger charge is 2.40. The summed E-state index contributed by atoms with van der Waals surface area (Å²) in [5.41, 5.74) is 1.91. The number of anilines is 3. The first-order chi connectivity index (χ1) is 23.8. The minimum Gasteiger partial charge on any atom is -0.506 e. The fourth-order valence-corrected chi connectivity index (χ4v) is 7.32. The van der Waals surface area contributed by atoms with Gasteiger partial charge in [0.05, 0.1) is 24.1 Å². The van der Waals surface area contributed by atoms with Crippen molar-refractivity contribution in [2.24, 2.45) is 0 Å². The Hall–Kier alpha value is -6.11. The molecule has 17 nitrogen and oxygen atoms in total. The van der Waals surface area contributed by atoms with E-state index in [0.29, 0.717) is 26.8 Å². The van der Waals surface area contributed by atoms with Gasteiger partial charge in [0, 0.05) is 36.0 Å². The third-order valence-corrected chi connectivity index (χ3v) is 9.97. The average Bonchev–Trinajstić information content (AvgIpc) is 3.74. The first-order valence-corrected chi connectivity index (χ1v) is 16.8. The third kappa shape index (κ3) is 5.70. The molecule has 0 radical (unpaired) electrons. The van der Waals surface area contributed by atoms with Crippen molar-refractivity contribution in [1.29, 1.82) is 0 Å². The number of halogens is 1. The van der Waals surface area contributed by atoms with Gasteiger partial charge >= 0.3 is 10.2 Å². The van der Waals surface area contributed by atoms with Gasteiger partial charge in [-0.15, -0.1) is 5.10 Å². The van der Waals surface area contributed by atoms with Gasteiger partial charge in [0.2, 0.25) is 17.7 Å². The molecular weight excluding hydrogens is 677 g/mol. The first kappa shape index (κ1) is 32.4. The maximum Gasteiger partial charge on any atom is 0.326 e. The second-order valence-electron chi connectivity index (χ2n) is 11.9. The normalized spacial score (nSPS) is 18.3. The molecular formula is C31H28FN9O8S.